The van der Waals surface area contributed by atoms with Gasteiger partial charge in [-0.15, -0.1) is 0 Å². The molecule has 10 nitrogen and oxygen atoms in total. The monoisotopic (exact) mass is 408 g/mol. The molecular formula is C15H12N4O6S2. The number of nitrogens with zero attached hydrogens (tertiary/aromatic N) is 3. The van der Waals surface area contributed by atoms with Crippen molar-refractivity contribution in [1.82, 2.24) is 15.0 Å². The molecule has 0 unspecified atom stereocenters. The third-order valence-corrected chi connectivity index (χ3v) is 5.29. The van der Waals surface area contributed by atoms with Gasteiger partial charge in [0.25, 0.3) is 20.2 Å². The summed E-state index contributed by atoms with van der Waals surface area (Å²) in [5.41, 5.74) is 0.0745. The van der Waals surface area contributed by atoms with Crippen molar-refractivity contribution in [3.63, 3.8) is 0 Å². The Kier molecular flexibility index (Phi) is 4.89. The van der Waals surface area contributed by atoms with E-state index in [4.69, 9.17) is 0 Å². The zero-order valence-electron chi connectivity index (χ0n) is 13.4. The van der Waals surface area contributed by atoms with E-state index >= 15 is 0 Å². The standard InChI is InChI=1S/C15H12N4O6S2/c20-26(21,22)13-4-2-1-3-11(13)12-7-10(5-6-14(12)27(23,24)25)19-15-17-8-16-9-18-15/h1-9H,(H,20,21,22)(H,23,24,25)(H,16,17,18,19). The van der Waals surface area contributed by atoms with E-state index in [2.05, 4.69) is 20.3 Å². The van der Waals surface area contributed by atoms with Gasteiger partial charge in [0, 0.05) is 16.8 Å². The molecule has 0 saturated heterocycles. The molecular weight excluding hydrogens is 396 g/mol. The van der Waals surface area contributed by atoms with Crippen molar-refractivity contribution in [2.24, 2.45) is 0 Å². The topological polar surface area (TPSA) is 159 Å². The molecule has 3 aromatic rings. The Morgan fingerprint density at radius 1 is 0.778 bits per heavy atom. The van der Waals surface area contributed by atoms with Crippen LogP contribution in [0.1, 0.15) is 0 Å². The van der Waals surface area contributed by atoms with E-state index < -0.39 is 30.0 Å². The molecule has 12 heteroatoms. The normalized spacial score (nSPS) is 11.9. The van der Waals surface area contributed by atoms with Crippen LogP contribution in [0.5, 0.6) is 0 Å². The average molecular weight is 408 g/mol. The maximum atomic E-state index is 11.7. The van der Waals surface area contributed by atoms with E-state index in [9.17, 15) is 25.9 Å². The predicted octanol–water partition coefficient (Wildman–Crippen LogP) is 1.78. The fraction of sp³-hybridized carbons (Fsp3) is 0. The lowest BCUT2D eigenvalue weighted by Crippen LogP contribution is -2.06. The Balaban J connectivity index is 2.23. The summed E-state index contributed by atoms with van der Waals surface area (Å²) in [7, 11) is -9.32. The highest BCUT2D eigenvalue weighted by molar-refractivity contribution is 7.86. The molecule has 1 aromatic heterocycles. The van der Waals surface area contributed by atoms with Crippen LogP contribution in [0, 0.1) is 0 Å². The smallest absolute Gasteiger partial charge is 0.295 e. The minimum atomic E-state index is -4.68. The van der Waals surface area contributed by atoms with Crippen molar-refractivity contribution >= 4 is 31.9 Å². The molecule has 0 aliphatic rings. The maximum absolute atomic E-state index is 11.7. The lowest BCUT2D eigenvalue weighted by atomic mass is 10.0. The van der Waals surface area contributed by atoms with Crippen LogP contribution < -0.4 is 5.32 Å². The van der Waals surface area contributed by atoms with Crippen molar-refractivity contribution in [1.29, 1.82) is 0 Å². The van der Waals surface area contributed by atoms with E-state index in [0.717, 1.165) is 12.1 Å². The van der Waals surface area contributed by atoms with Crippen LogP contribution in [-0.4, -0.2) is 40.9 Å². The first-order chi connectivity index (χ1) is 12.7. The van der Waals surface area contributed by atoms with Gasteiger partial charge in [-0.25, -0.2) is 15.0 Å². The lowest BCUT2D eigenvalue weighted by Gasteiger charge is -2.13. The van der Waals surface area contributed by atoms with Crippen molar-refractivity contribution < 1.29 is 25.9 Å². The molecule has 3 rings (SSSR count). The van der Waals surface area contributed by atoms with Crippen LogP contribution in [0.4, 0.5) is 11.6 Å². The number of rotatable bonds is 5. The van der Waals surface area contributed by atoms with E-state index in [1.807, 2.05) is 0 Å². The van der Waals surface area contributed by atoms with Crippen molar-refractivity contribution in [2.75, 3.05) is 5.32 Å². The number of benzene rings is 2. The highest BCUT2D eigenvalue weighted by Gasteiger charge is 2.23. The molecule has 27 heavy (non-hydrogen) atoms. The third-order valence-electron chi connectivity index (χ3n) is 3.46. The molecule has 0 atom stereocenters. The second-order valence-corrected chi connectivity index (χ2v) is 8.02. The maximum Gasteiger partial charge on any atom is 0.295 e. The number of anilines is 2. The summed E-state index contributed by atoms with van der Waals surface area (Å²) in [6.45, 7) is 0. The molecule has 0 aliphatic heterocycles. The van der Waals surface area contributed by atoms with Gasteiger partial charge in [-0.05, 0) is 24.3 Å². The SMILES string of the molecule is O=S(=O)(O)c1ccccc1-c1cc(Nc2ncncn2)ccc1S(=O)(=O)O. The number of aromatic nitrogens is 3. The highest BCUT2D eigenvalue weighted by Crippen LogP contribution is 2.34. The minimum Gasteiger partial charge on any atom is -0.324 e. The largest absolute Gasteiger partial charge is 0.324 e. The molecule has 0 spiro atoms. The number of hydrogen-bond acceptors (Lipinski definition) is 8. The fourth-order valence-electron chi connectivity index (χ4n) is 2.39. The molecule has 140 valence electrons. The molecule has 3 N–H and O–H groups in total. The number of hydrogen-bond donors (Lipinski definition) is 3. The molecule has 0 bridgehead atoms. The van der Waals surface area contributed by atoms with Crippen LogP contribution in [0.2, 0.25) is 0 Å². The van der Waals surface area contributed by atoms with Crippen molar-refractivity contribution in [2.45, 2.75) is 9.79 Å². The van der Waals surface area contributed by atoms with Crippen LogP contribution in [0.25, 0.3) is 11.1 Å². The molecule has 0 saturated carbocycles. The van der Waals surface area contributed by atoms with Crippen LogP contribution >= 0.6 is 0 Å². The van der Waals surface area contributed by atoms with Gasteiger partial charge in [0.2, 0.25) is 5.95 Å². The molecule has 0 radical (unpaired) electrons. The van der Waals surface area contributed by atoms with Gasteiger partial charge in [0.1, 0.15) is 22.4 Å². The van der Waals surface area contributed by atoms with Gasteiger partial charge in [-0.2, -0.15) is 16.8 Å². The first-order valence-corrected chi connectivity index (χ1v) is 10.1. The fourth-order valence-corrected chi connectivity index (χ4v) is 3.78. The van der Waals surface area contributed by atoms with Gasteiger partial charge in [0.05, 0.1) is 0 Å². The molecule has 2 aromatic carbocycles. The van der Waals surface area contributed by atoms with E-state index in [1.165, 1.54) is 43.0 Å². The summed E-state index contributed by atoms with van der Waals surface area (Å²) in [6.07, 6.45) is 2.49. The van der Waals surface area contributed by atoms with Gasteiger partial charge in [-0.3, -0.25) is 9.11 Å². The predicted molar refractivity (Wildman–Crippen MR) is 94.6 cm³/mol. The van der Waals surface area contributed by atoms with E-state index in [-0.39, 0.29) is 17.1 Å². The summed E-state index contributed by atoms with van der Waals surface area (Å²) < 4.78 is 65.8. The van der Waals surface area contributed by atoms with Gasteiger partial charge in [0.15, 0.2) is 0 Å². The minimum absolute atomic E-state index is 0.105. The Bertz CT molecular complexity index is 1200. The lowest BCUT2D eigenvalue weighted by molar-refractivity contribution is 0.480. The van der Waals surface area contributed by atoms with Crippen LogP contribution in [-0.2, 0) is 20.2 Å². The quantitative estimate of drug-likeness (QED) is 0.531. The zero-order valence-corrected chi connectivity index (χ0v) is 15.0. The van der Waals surface area contributed by atoms with E-state index in [1.54, 1.807) is 0 Å². The Morgan fingerprint density at radius 2 is 1.37 bits per heavy atom. The Morgan fingerprint density at radius 3 is 2.00 bits per heavy atom. The Labute approximate surface area is 154 Å². The first kappa shape index (κ1) is 18.8. The summed E-state index contributed by atoms with van der Waals surface area (Å²) in [6, 6.07) is 8.97. The van der Waals surface area contributed by atoms with E-state index in [0.29, 0.717) is 5.69 Å². The van der Waals surface area contributed by atoms with Crippen LogP contribution in [0.15, 0.2) is 64.9 Å². The molecule has 0 fully saturated rings. The average Bonchev–Trinajstić information content (AvgIpc) is 2.61. The second kappa shape index (κ2) is 7.00. The summed E-state index contributed by atoms with van der Waals surface area (Å²) in [5.74, 6) is 0.165. The van der Waals surface area contributed by atoms with Gasteiger partial charge < -0.3 is 5.32 Å². The van der Waals surface area contributed by atoms with Crippen LogP contribution in [0.3, 0.4) is 0 Å². The molecule has 1 heterocycles. The van der Waals surface area contributed by atoms with Crippen molar-refractivity contribution in [3.8, 4) is 11.1 Å². The van der Waals surface area contributed by atoms with Gasteiger partial charge >= 0.3 is 0 Å². The van der Waals surface area contributed by atoms with Gasteiger partial charge in [-0.1, -0.05) is 18.2 Å². The zero-order chi connectivity index (χ0) is 19.7. The molecule has 0 amide bonds. The summed E-state index contributed by atoms with van der Waals surface area (Å²) in [4.78, 5) is 10.4. The molecule has 0 aliphatic carbocycles. The summed E-state index contributed by atoms with van der Waals surface area (Å²) >= 11 is 0. The summed E-state index contributed by atoms with van der Waals surface area (Å²) in [5, 5.41) is 2.80. The third kappa shape index (κ3) is 4.25. The first-order valence-electron chi connectivity index (χ1n) is 7.24. The highest BCUT2D eigenvalue weighted by atomic mass is 32.2. The van der Waals surface area contributed by atoms with Crippen molar-refractivity contribution in [3.05, 3.63) is 55.1 Å². The number of nitrogens with one attached hydrogen (secondary N) is 1. The second-order valence-electron chi connectivity index (χ2n) is 5.24. The Hall–Kier alpha value is -2.93.